The van der Waals surface area contributed by atoms with Gasteiger partial charge in [0.15, 0.2) is 0 Å². The van der Waals surface area contributed by atoms with E-state index in [1.54, 1.807) is 0 Å². The summed E-state index contributed by atoms with van der Waals surface area (Å²) >= 11 is 0. The fraction of sp³-hybridized carbons (Fsp3) is 0.429. The molecule has 0 aliphatic heterocycles. The van der Waals surface area contributed by atoms with Crippen LogP contribution in [0.2, 0.25) is 0 Å². The lowest BCUT2D eigenvalue weighted by molar-refractivity contribution is -0.122. The van der Waals surface area contributed by atoms with Gasteiger partial charge in [0.25, 0.3) is 5.56 Å². The van der Waals surface area contributed by atoms with Crippen molar-refractivity contribution in [1.29, 1.82) is 0 Å². The first-order valence-electron chi connectivity index (χ1n) is 9.57. The van der Waals surface area contributed by atoms with E-state index in [0.29, 0.717) is 0 Å². The molecule has 1 atom stereocenters. The number of carbonyl (C=O) groups is 1. The van der Waals surface area contributed by atoms with Gasteiger partial charge in [-0.25, -0.2) is 12.7 Å². The van der Waals surface area contributed by atoms with E-state index in [0.717, 1.165) is 26.9 Å². The SMILES string of the molecule is CCc1ccc([C@H](NC(=O)Cn2cc(S(=O)(=O)N(C)C)ccc2=O)C(C)C)cc1. The highest BCUT2D eigenvalue weighted by Crippen LogP contribution is 2.22. The van der Waals surface area contributed by atoms with Crippen molar-refractivity contribution in [2.45, 2.75) is 44.7 Å². The third-order valence-corrected chi connectivity index (χ3v) is 6.58. The normalized spacial score (nSPS) is 12.9. The fourth-order valence-corrected chi connectivity index (χ4v) is 3.89. The Morgan fingerprint density at radius 3 is 2.24 bits per heavy atom. The van der Waals surface area contributed by atoms with E-state index in [1.165, 1.54) is 31.9 Å². The van der Waals surface area contributed by atoms with Gasteiger partial charge in [-0.2, -0.15) is 0 Å². The van der Waals surface area contributed by atoms with Gasteiger partial charge in [0.05, 0.1) is 10.9 Å². The van der Waals surface area contributed by atoms with Gasteiger partial charge < -0.3 is 9.88 Å². The molecule has 1 amide bonds. The molecule has 1 N–H and O–H groups in total. The predicted molar refractivity (Wildman–Crippen MR) is 113 cm³/mol. The number of hydrogen-bond acceptors (Lipinski definition) is 4. The van der Waals surface area contributed by atoms with Gasteiger partial charge >= 0.3 is 0 Å². The van der Waals surface area contributed by atoms with Crippen molar-refractivity contribution in [3.8, 4) is 0 Å². The molecule has 0 saturated heterocycles. The van der Waals surface area contributed by atoms with Crippen LogP contribution in [0.1, 0.15) is 37.9 Å². The van der Waals surface area contributed by atoms with Crippen molar-refractivity contribution in [2.75, 3.05) is 14.1 Å². The molecule has 0 fully saturated rings. The second-order valence-electron chi connectivity index (χ2n) is 7.50. The second-order valence-corrected chi connectivity index (χ2v) is 9.65. The molecule has 1 aromatic heterocycles. The summed E-state index contributed by atoms with van der Waals surface area (Å²) in [6.07, 6.45) is 2.14. The summed E-state index contributed by atoms with van der Waals surface area (Å²) in [7, 11) is -0.874. The van der Waals surface area contributed by atoms with Crippen molar-refractivity contribution in [3.05, 3.63) is 64.1 Å². The average Bonchev–Trinajstić information content (AvgIpc) is 2.67. The van der Waals surface area contributed by atoms with Crippen LogP contribution in [-0.4, -0.2) is 37.3 Å². The van der Waals surface area contributed by atoms with Crippen LogP contribution in [0.5, 0.6) is 0 Å². The molecule has 7 nitrogen and oxygen atoms in total. The molecule has 0 aliphatic carbocycles. The number of nitrogens with one attached hydrogen (secondary N) is 1. The maximum Gasteiger partial charge on any atom is 0.251 e. The van der Waals surface area contributed by atoms with Crippen LogP contribution >= 0.6 is 0 Å². The molecule has 0 aliphatic rings. The second kappa shape index (κ2) is 9.37. The standard InChI is InChI=1S/C21H29N3O4S/c1-6-16-7-9-17(10-8-16)21(15(2)3)22-19(25)14-24-13-18(11-12-20(24)26)29(27,28)23(4)5/h7-13,15,21H,6,14H2,1-5H3,(H,22,25)/t21-/m1/s1. The zero-order valence-corrected chi connectivity index (χ0v) is 18.4. The number of carbonyl (C=O) groups excluding carboxylic acids is 1. The number of pyridine rings is 1. The molecule has 1 heterocycles. The van der Waals surface area contributed by atoms with E-state index < -0.39 is 15.6 Å². The van der Waals surface area contributed by atoms with E-state index in [2.05, 4.69) is 12.2 Å². The minimum absolute atomic E-state index is 0.0366. The summed E-state index contributed by atoms with van der Waals surface area (Å²) in [5.41, 5.74) is 1.76. The largest absolute Gasteiger partial charge is 0.347 e. The molecule has 0 spiro atoms. The molecule has 2 rings (SSSR count). The van der Waals surface area contributed by atoms with E-state index in [-0.39, 0.29) is 29.3 Å². The minimum atomic E-state index is -3.70. The number of aromatic nitrogens is 1. The number of sulfonamides is 1. The molecular formula is C21H29N3O4S. The summed E-state index contributed by atoms with van der Waals surface area (Å²) in [6, 6.07) is 10.3. The first kappa shape index (κ1) is 22.8. The molecular weight excluding hydrogens is 390 g/mol. The van der Waals surface area contributed by atoms with Crippen molar-refractivity contribution in [2.24, 2.45) is 5.92 Å². The predicted octanol–water partition coefficient (Wildman–Crippen LogP) is 2.17. The third kappa shape index (κ3) is 5.55. The Kier molecular flexibility index (Phi) is 7.37. The van der Waals surface area contributed by atoms with Crippen LogP contribution < -0.4 is 10.9 Å². The highest BCUT2D eigenvalue weighted by Gasteiger charge is 2.21. The third-order valence-electron chi connectivity index (χ3n) is 4.78. The zero-order valence-electron chi connectivity index (χ0n) is 17.5. The van der Waals surface area contributed by atoms with Gasteiger partial charge in [-0.3, -0.25) is 9.59 Å². The topological polar surface area (TPSA) is 88.5 Å². The van der Waals surface area contributed by atoms with Crippen LogP contribution in [0.15, 0.2) is 52.3 Å². The fourth-order valence-electron chi connectivity index (χ4n) is 2.97. The van der Waals surface area contributed by atoms with Crippen molar-refractivity contribution in [1.82, 2.24) is 14.2 Å². The first-order chi connectivity index (χ1) is 13.6. The van der Waals surface area contributed by atoms with Crippen molar-refractivity contribution < 1.29 is 13.2 Å². The number of amides is 1. The molecule has 158 valence electrons. The van der Waals surface area contributed by atoms with Gasteiger partial charge in [0.1, 0.15) is 6.54 Å². The number of hydrogen-bond donors (Lipinski definition) is 1. The molecule has 29 heavy (non-hydrogen) atoms. The molecule has 0 saturated carbocycles. The van der Waals surface area contributed by atoms with E-state index >= 15 is 0 Å². The van der Waals surface area contributed by atoms with E-state index in [1.807, 2.05) is 38.1 Å². The molecule has 2 aromatic rings. The Balaban J connectivity index is 2.23. The van der Waals surface area contributed by atoms with Crippen LogP contribution in [0.4, 0.5) is 0 Å². The van der Waals surface area contributed by atoms with Gasteiger partial charge in [0, 0.05) is 26.4 Å². The minimum Gasteiger partial charge on any atom is -0.347 e. The first-order valence-corrected chi connectivity index (χ1v) is 11.0. The van der Waals surface area contributed by atoms with Crippen LogP contribution in [0.3, 0.4) is 0 Å². The van der Waals surface area contributed by atoms with Crippen molar-refractivity contribution in [3.63, 3.8) is 0 Å². The van der Waals surface area contributed by atoms with Gasteiger partial charge in [0.2, 0.25) is 15.9 Å². The summed E-state index contributed by atoms with van der Waals surface area (Å²) in [5, 5.41) is 2.97. The Labute approximate surface area is 172 Å². The smallest absolute Gasteiger partial charge is 0.251 e. The molecule has 0 bridgehead atoms. The quantitative estimate of drug-likeness (QED) is 0.710. The molecule has 0 radical (unpaired) electrons. The highest BCUT2D eigenvalue weighted by atomic mass is 32.2. The summed E-state index contributed by atoms with van der Waals surface area (Å²) in [6.45, 7) is 5.84. The summed E-state index contributed by atoms with van der Waals surface area (Å²) < 4.78 is 26.8. The Morgan fingerprint density at radius 2 is 1.72 bits per heavy atom. The van der Waals surface area contributed by atoms with Crippen LogP contribution in [0, 0.1) is 5.92 Å². The summed E-state index contributed by atoms with van der Waals surface area (Å²) in [4.78, 5) is 24.7. The lowest BCUT2D eigenvalue weighted by Crippen LogP contribution is -2.36. The number of rotatable bonds is 8. The zero-order chi connectivity index (χ0) is 21.8. The number of aryl methyl sites for hydroxylation is 1. The lowest BCUT2D eigenvalue weighted by atomic mass is 9.95. The maximum atomic E-state index is 12.6. The monoisotopic (exact) mass is 419 g/mol. The number of benzene rings is 1. The Morgan fingerprint density at radius 1 is 1.10 bits per heavy atom. The van der Waals surface area contributed by atoms with Crippen molar-refractivity contribution >= 4 is 15.9 Å². The van der Waals surface area contributed by atoms with E-state index in [4.69, 9.17) is 0 Å². The molecule has 0 unspecified atom stereocenters. The maximum absolute atomic E-state index is 12.6. The Bertz CT molecular complexity index is 1010. The highest BCUT2D eigenvalue weighted by molar-refractivity contribution is 7.89. The van der Waals surface area contributed by atoms with Gasteiger partial charge in [-0.15, -0.1) is 0 Å². The summed E-state index contributed by atoms with van der Waals surface area (Å²) in [5.74, 6) is -0.214. The molecule has 1 aromatic carbocycles. The van der Waals surface area contributed by atoms with Crippen LogP contribution in [-0.2, 0) is 27.8 Å². The van der Waals surface area contributed by atoms with Gasteiger partial charge in [-0.1, -0.05) is 45.0 Å². The van der Waals surface area contributed by atoms with Gasteiger partial charge in [-0.05, 0) is 29.5 Å². The molecule has 8 heteroatoms. The Hall–Kier alpha value is -2.45. The number of nitrogens with zero attached hydrogens (tertiary/aromatic N) is 2. The van der Waals surface area contributed by atoms with Crippen LogP contribution in [0.25, 0.3) is 0 Å². The average molecular weight is 420 g/mol. The van der Waals surface area contributed by atoms with E-state index in [9.17, 15) is 18.0 Å². The lowest BCUT2D eigenvalue weighted by Gasteiger charge is -2.23.